The Hall–Kier alpha value is -2.28. The molecule has 2 aromatic rings. The second-order valence-corrected chi connectivity index (χ2v) is 3.91. The van der Waals surface area contributed by atoms with E-state index in [0.717, 1.165) is 6.07 Å². The zero-order chi connectivity index (χ0) is 14.0. The van der Waals surface area contributed by atoms with Gasteiger partial charge in [-0.05, 0) is 35.4 Å². The first-order valence-electron chi connectivity index (χ1n) is 5.35. The fourth-order valence-electron chi connectivity index (χ4n) is 1.73. The second-order valence-electron chi connectivity index (χ2n) is 3.91. The number of hydrogen-bond acceptors (Lipinski definition) is 0. The van der Waals surface area contributed by atoms with E-state index in [2.05, 4.69) is 0 Å². The molecule has 19 heavy (non-hydrogen) atoms. The smallest absolute Gasteiger partial charge is 0.207 e. The Morgan fingerprint density at radius 2 is 1.47 bits per heavy atom. The Morgan fingerprint density at radius 1 is 0.895 bits per heavy atom. The summed E-state index contributed by atoms with van der Waals surface area (Å²) in [6.45, 7) is 0. The number of alkyl halides is 3. The molecule has 0 aromatic heterocycles. The minimum atomic E-state index is -4.52. The van der Waals surface area contributed by atoms with Crippen LogP contribution in [0.4, 0.5) is 17.6 Å². The van der Waals surface area contributed by atoms with Crippen LogP contribution < -0.4 is 0 Å². The van der Waals surface area contributed by atoms with Crippen LogP contribution in [0.1, 0.15) is 11.1 Å². The van der Waals surface area contributed by atoms with E-state index >= 15 is 0 Å². The van der Waals surface area contributed by atoms with Gasteiger partial charge in [-0.1, -0.05) is 24.1 Å². The first kappa shape index (κ1) is 13.2. The molecule has 0 bridgehead atoms. The Labute approximate surface area is 107 Å². The first-order chi connectivity index (χ1) is 8.91. The van der Waals surface area contributed by atoms with Crippen LogP contribution in [-0.2, 0) is 6.18 Å². The van der Waals surface area contributed by atoms with Crippen molar-refractivity contribution in [2.24, 2.45) is 0 Å². The molecule has 0 heterocycles. The molecule has 2 rings (SSSR count). The van der Waals surface area contributed by atoms with Gasteiger partial charge in [-0.2, -0.15) is 13.2 Å². The molecular weight excluding hydrogens is 256 g/mol. The molecule has 0 amide bonds. The highest BCUT2D eigenvalue weighted by Gasteiger charge is 2.33. The molecule has 0 saturated heterocycles. The summed E-state index contributed by atoms with van der Waals surface area (Å²) in [6, 6.07) is 8.91. The maximum absolute atomic E-state index is 12.8. The van der Waals surface area contributed by atoms with E-state index in [1.807, 2.05) is 5.92 Å². The molecule has 0 aliphatic rings. The van der Waals surface area contributed by atoms with E-state index in [1.54, 1.807) is 0 Å². The van der Waals surface area contributed by atoms with E-state index in [4.69, 9.17) is 6.42 Å². The number of terminal acetylenes is 1. The van der Waals surface area contributed by atoms with Gasteiger partial charge in [0.25, 0.3) is 0 Å². The van der Waals surface area contributed by atoms with Gasteiger partial charge in [0.2, 0.25) is 0 Å². The quantitative estimate of drug-likeness (QED) is 0.525. The first-order valence-corrected chi connectivity index (χ1v) is 5.35. The van der Waals surface area contributed by atoms with E-state index < -0.39 is 17.6 Å². The van der Waals surface area contributed by atoms with Crippen LogP contribution in [0, 0.1) is 18.2 Å². The molecule has 0 N–H and O–H groups in total. The van der Waals surface area contributed by atoms with Gasteiger partial charge < -0.3 is 0 Å². The third kappa shape index (κ3) is 2.76. The topological polar surface area (TPSA) is 0 Å². The fourth-order valence-corrected chi connectivity index (χ4v) is 1.73. The van der Waals surface area contributed by atoms with Crippen LogP contribution >= 0.6 is 0 Å². The molecule has 0 atom stereocenters. The molecular formula is C15H8F4. The van der Waals surface area contributed by atoms with Crippen LogP contribution in [0.15, 0.2) is 42.5 Å². The molecule has 0 fully saturated rings. The lowest BCUT2D eigenvalue weighted by Crippen LogP contribution is -2.07. The van der Waals surface area contributed by atoms with Crippen molar-refractivity contribution in [3.05, 3.63) is 59.4 Å². The van der Waals surface area contributed by atoms with Crippen molar-refractivity contribution in [2.45, 2.75) is 6.18 Å². The van der Waals surface area contributed by atoms with Gasteiger partial charge in [0.05, 0.1) is 5.56 Å². The lowest BCUT2D eigenvalue weighted by atomic mass is 9.99. The van der Waals surface area contributed by atoms with E-state index in [1.165, 1.54) is 36.4 Å². The highest BCUT2D eigenvalue weighted by molar-refractivity contribution is 5.66. The summed E-state index contributed by atoms with van der Waals surface area (Å²) in [6.07, 6.45) is 0.540. The summed E-state index contributed by atoms with van der Waals surface area (Å²) in [5.74, 6) is 1.57. The highest BCUT2D eigenvalue weighted by Crippen LogP contribution is 2.34. The van der Waals surface area contributed by atoms with Crippen LogP contribution in [0.5, 0.6) is 0 Å². The van der Waals surface area contributed by atoms with E-state index in [-0.39, 0.29) is 5.56 Å². The average molecular weight is 264 g/mol. The molecule has 2 aromatic carbocycles. The second kappa shape index (κ2) is 4.77. The average Bonchev–Trinajstić information content (AvgIpc) is 2.38. The minimum Gasteiger partial charge on any atom is -0.207 e. The lowest BCUT2D eigenvalue weighted by Gasteiger charge is -2.11. The molecule has 0 spiro atoms. The number of benzene rings is 2. The van der Waals surface area contributed by atoms with Gasteiger partial charge >= 0.3 is 6.18 Å². The van der Waals surface area contributed by atoms with Crippen molar-refractivity contribution in [3.8, 4) is 23.5 Å². The van der Waals surface area contributed by atoms with Crippen molar-refractivity contribution in [1.29, 1.82) is 0 Å². The zero-order valence-corrected chi connectivity index (χ0v) is 9.63. The number of halogens is 4. The summed E-state index contributed by atoms with van der Waals surface area (Å²) in [7, 11) is 0. The predicted molar refractivity (Wildman–Crippen MR) is 64.8 cm³/mol. The van der Waals surface area contributed by atoms with Gasteiger partial charge in [0.15, 0.2) is 0 Å². The third-order valence-corrected chi connectivity index (χ3v) is 2.66. The number of rotatable bonds is 1. The van der Waals surface area contributed by atoms with Crippen molar-refractivity contribution in [1.82, 2.24) is 0 Å². The van der Waals surface area contributed by atoms with Gasteiger partial charge in [-0.25, -0.2) is 4.39 Å². The Morgan fingerprint density at radius 3 is 2.00 bits per heavy atom. The van der Waals surface area contributed by atoms with Crippen LogP contribution in [0.2, 0.25) is 0 Å². The molecule has 0 nitrogen and oxygen atoms in total. The summed E-state index contributed by atoms with van der Waals surface area (Å²) in [5.41, 5.74) is -0.239. The molecule has 0 saturated carbocycles. The molecule has 4 heteroatoms. The highest BCUT2D eigenvalue weighted by atomic mass is 19.4. The van der Waals surface area contributed by atoms with Gasteiger partial charge in [0.1, 0.15) is 5.82 Å². The van der Waals surface area contributed by atoms with Gasteiger partial charge in [0, 0.05) is 5.56 Å². The van der Waals surface area contributed by atoms with Crippen LogP contribution in [0.3, 0.4) is 0 Å². The number of hydrogen-bond donors (Lipinski definition) is 0. The maximum Gasteiger partial charge on any atom is 0.417 e. The standard InChI is InChI=1S/C15H8F4/c1-2-10-3-4-12(9-14(10)15(17,18)19)11-5-7-13(16)8-6-11/h1,3-9H. The van der Waals surface area contributed by atoms with Crippen molar-refractivity contribution in [2.75, 3.05) is 0 Å². The van der Waals surface area contributed by atoms with Crippen LogP contribution in [0.25, 0.3) is 11.1 Å². The molecule has 0 unspecified atom stereocenters. The summed E-state index contributed by atoms with van der Waals surface area (Å²) < 4.78 is 51.3. The van der Waals surface area contributed by atoms with E-state index in [9.17, 15) is 17.6 Å². The summed E-state index contributed by atoms with van der Waals surface area (Å²) >= 11 is 0. The van der Waals surface area contributed by atoms with Crippen LogP contribution in [-0.4, -0.2) is 0 Å². The van der Waals surface area contributed by atoms with Gasteiger partial charge in [-0.15, -0.1) is 6.42 Å². The molecule has 96 valence electrons. The predicted octanol–water partition coefficient (Wildman–Crippen LogP) is 4.49. The minimum absolute atomic E-state index is 0.210. The molecule has 0 radical (unpaired) electrons. The molecule has 0 aliphatic heterocycles. The normalized spacial score (nSPS) is 11.1. The Balaban J connectivity index is 2.56. The summed E-state index contributed by atoms with van der Waals surface area (Å²) in [5, 5.41) is 0. The lowest BCUT2D eigenvalue weighted by molar-refractivity contribution is -0.137. The van der Waals surface area contributed by atoms with E-state index in [0.29, 0.717) is 11.1 Å². The van der Waals surface area contributed by atoms with Gasteiger partial charge in [-0.3, -0.25) is 0 Å². The fraction of sp³-hybridized carbons (Fsp3) is 0.0667. The van der Waals surface area contributed by atoms with Crippen molar-refractivity contribution < 1.29 is 17.6 Å². The largest absolute Gasteiger partial charge is 0.417 e. The monoisotopic (exact) mass is 264 g/mol. The van der Waals surface area contributed by atoms with Crippen molar-refractivity contribution >= 4 is 0 Å². The Kier molecular flexibility index (Phi) is 3.30. The zero-order valence-electron chi connectivity index (χ0n) is 9.63. The maximum atomic E-state index is 12.8. The SMILES string of the molecule is C#Cc1ccc(-c2ccc(F)cc2)cc1C(F)(F)F. The summed E-state index contributed by atoms with van der Waals surface area (Å²) in [4.78, 5) is 0. The third-order valence-electron chi connectivity index (χ3n) is 2.66. The van der Waals surface area contributed by atoms with Crippen molar-refractivity contribution in [3.63, 3.8) is 0 Å². The molecule has 0 aliphatic carbocycles. The Bertz CT molecular complexity index is 631.